The second-order valence-corrected chi connectivity index (χ2v) is 5.42. The summed E-state index contributed by atoms with van der Waals surface area (Å²) in [6.45, 7) is -0.607. The van der Waals surface area contributed by atoms with E-state index in [2.05, 4.69) is 5.32 Å². The Hall–Kier alpha value is -2.28. The first-order valence-electron chi connectivity index (χ1n) is 6.85. The summed E-state index contributed by atoms with van der Waals surface area (Å²) in [5.41, 5.74) is -0.0759. The van der Waals surface area contributed by atoms with E-state index >= 15 is 0 Å². The van der Waals surface area contributed by atoms with Crippen LogP contribution in [-0.2, 0) is 17.8 Å². The maximum absolute atomic E-state index is 13.5. The van der Waals surface area contributed by atoms with Gasteiger partial charge in [-0.1, -0.05) is 17.7 Å². The molecule has 0 saturated heterocycles. The predicted molar refractivity (Wildman–Crippen MR) is 79.6 cm³/mol. The van der Waals surface area contributed by atoms with Crippen LogP contribution < -0.4 is 5.32 Å². The van der Waals surface area contributed by atoms with Crippen molar-refractivity contribution in [1.82, 2.24) is 5.32 Å². The second kappa shape index (κ2) is 7.53. The van der Waals surface area contributed by atoms with E-state index in [0.717, 1.165) is 0 Å². The molecule has 0 aliphatic rings. The summed E-state index contributed by atoms with van der Waals surface area (Å²) in [4.78, 5) is 11.7. The maximum atomic E-state index is 13.5. The summed E-state index contributed by atoms with van der Waals surface area (Å²) in [5, 5.41) is 11.7. The third kappa shape index (κ3) is 4.17. The van der Waals surface area contributed by atoms with Crippen LogP contribution in [0.25, 0.3) is 0 Å². The molecule has 0 spiro atoms. The van der Waals surface area contributed by atoms with Gasteiger partial charge >= 0.3 is 0 Å². The van der Waals surface area contributed by atoms with Gasteiger partial charge in [-0.2, -0.15) is 0 Å². The molecular formula is C16H12ClF4NO2. The van der Waals surface area contributed by atoms with E-state index in [9.17, 15) is 27.5 Å². The Balaban J connectivity index is 1.94. The van der Waals surface area contributed by atoms with Crippen molar-refractivity contribution in [3.8, 4) is 5.75 Å². The molecule has 0 saturated carbocycles. The summed E-state index contributed by atoms with van der Waals surface area (Å²) in [6.07, 6.45) is 0.253. The van der Waals surface area contributed by atoms with E-state index in [1.807, 2.05) is 0 Å². The van der Waals surface area contributed by atoms with Gasteiger partial charge in [0.1, 0.15) is 11.6 Å². The van der Waals surface area contributed by atoms with Gasteiger partial charge in [0.15, 0.2) is 17.5 Å². The van der Waals surface area contributed by atoms with E-state index < -0.39 is 41.3 Å². The molecule has 0 unspecified atom stereocenters. The molecule has 2 N–H and O–H groups in total. The molecule has 128 valence electrons. The molecule has 0 heterocycles. The largest absolute Gasteiger partial charge is 0.506 e. The Morgan fingerprint density at radius 3 is 2.46 bits per heavy atom. The van der Waals surface area contributed by atoms with Gasteiger partial charge in [-0.25, -0.2) is 17.6 Å². The number of halogens is 5. The van der Waals surface area contributed by atoms with Crippen LogP contribution in [0.4, 0.5) is 17.6 Å². The highest BCUT2D eigenvalue weighted by Gasteiger charge is 2.19. The standard InChI is InChI=1S/C16H12ClF4NO2/c17-10-5-8(1-3-13(10)23)2-4-14(24)22-7-9-11(18)6-12(19)16(21)15(9)20/h1,3,5-6,23H,2,4,7H2,(H,22,24). The number of phenolic OH excluding ortho intramolecular Hbond substituents is 1. The van der Waals surface area contributed by atoms with Crippen LogP contribution in [0.3, 0.4) is 0 Å². The number of nitrogens with one attached hydrogen (secondary N) is 1. The lowest BCUT2D eigenvalue weighted by molar-refractivity contribution is -0.121. The van der Waals surface area contributed by atoms with Crippen LogP contribution in [0.1, 0.15) is 17.5 Å². The molecule has 0 bridgehead atoms. The van der Waals surface area contributed by atoms with Gasteiger partial charge in [0.05, 0.1) is 5.02 Å². The highest BCUT2D eigenvalue weighted by molar-refractivity contribution is 6.32. The van der Waals surface area contributed by atoms with Crippen LogP contribution >= 0.6 is 11.6 Å². The van der Waals surface area contributed by atoms with Crippen LogP contribution in [0.2, 0.25) is 5.02 Å². The second-order valence-electron chi connectivity index (χ2n) is 5.01. The van der Waals surface area contributed by atoms with Crippen molar-refractivity contribution in [2.75, 3.05) is 0 Å². The zero-order valence-corrected chi connectivity index (χ0v) is 12.9. The Bertz CT molecular complexity index is 783. The molecule has 0 aliphatic heterocycles. The van der Waals surface area contributed by atoms with Crippen molar-refractivity contribution < 1.29 is 27.5 Å². The fraction of sp³-hybridized carbons (Fsp3) is 0.188. The van der Waals surface area contributed by atoms with Crippen LogP contribution in [0.15, 0.2) is 24.3 Å². The van der Waals surface area contributed by atoms with Crippen molar-refractivity contribution in [1.29, 1.82) is 0 Å². The molecule has 2 rings (SSSR count). The summed E-state index contributed by atoms with van der Waals surface area (Å²) in [7, 11) is 0. The molecule has 0 aromatic heterocycles. The molecular weight excluding hydrogens is 350 g/mol. The Kier molecular flexibility index (Phi) is 5.66. The number of aryl methyl sites for hydroxylation is 1. The zero-order valence-electron chi connectivity index (χ0n) is 12.2. The van der Waals surface area contributed by atoms with E-state index in [1.54, 1.807) is 6.07 Å². The minimum absolute atomic E-state index is 0.0198. The molecule has 8 heteroatoms. The molecule has 2 aromatic rings. The van der Waals surface area contributed by atoms with E-state index in [1.165, 1.54) is 12.1 Å². The first-order valence-corrected chi connectivity index (χ1v) is 7.23. The lowest BCUT2D eigenvalue weighted by Crippen LogP contribution is -2.24. The molecule has 1 amide bonds. The smallest absolute Gasteiger partial charge is 0.220 e. The lowest BCUT2D eigenvalue weighted by atomic mass is 10.1. The van der Waals surface area contributed by atoms with Crippen molar-refractivity contribution >= 4 is 17.5 Å². The molecule has 0 aliphatic carbocycles. The molecule has 0 atom stereocenters. The zero-order chi connectivity index (χ0) is 17.9. The molecule has 24 heavy (non-hydrogen) atoms. The van der Waals surface area contributed by atoms with Gasteiger partial charge in [0.25, 0.3) is 0 Å². The third-order valence-corrected chi connectivity index (χ3v) is 3.63. The van der Waals surface area contributed by atoms with Gasteiger partial charge in [0, 0.05) is 24.6 Å². The maximum Gasteiger partial charge on any atom is 0.220 e. The van der Waals surface area contributed by atoms with Crippen LogP contribution in [-0.4, -0.2) is 11.0 Å². The fourth-order valence-corrected chi connectivity index (χ4v) is 2.21. The minimum atomic E-state index is -1.79. The van der Waals surface area contributed by atoms with Gasteiger partial charge in [-0.05, 0) is 24.1 Å². The van der Waals surface area contributed by atoms with E-state index in [0.29, 0.717) is 5.56 Å². The predicted octanol–water partition coefficient (Wildman–Crippen LogP) is 3.85. The summed E-state index contributed by atoms with van der Waals surface area (Å²) in [5.74, 6) is -7.00. The topological polar surface area (TPSA) is 49.3 Å². The quantitative estimate of drug-likeness (QED) is 0.483. The number of rotatable bonds is 5. The number of carbonyl (C=O) groups excluding carboxylic acids is 1. The first kappa shape index (κ1) is 18.1. The van der Waals surface area contributed by atoms with Crippen LogP contribution in [0.5, 0.6) is 5.75 Å². The van der Waals surface area contributed by atoms with Gasteiger partial charge in [-0.15, -0.1) is 0 Å². The Morgan fingerprint density at radius 2 is 1.79 bits per heavy atom. The number of benzene rings is 2. The molecule has 0 fully saturated rings. The average Bonchev–Trinajstić information content (AvgIpc) is 2.53. The van der Waals surface area contributed by atoms with Crippen LogP contribution in [0, 0.1) is 23.3 Å². The first-order chi connectivity index (χ1) is 11.3. The van der Waals surface area contributed by atoms with Gasteiger partial charge in [-0.3, -0.25) is 4.79 Å². The van der Waals surface area contributed by atoms with Gasteiger partial charge in [0.2, 0.25) is 5.91 Å². The number of hydrogen-bond donors (Lipinski definition) is 2. The number of hydrogen-bond acceptors (Lipinski definition) is 2. The van der Waals surface area contributed by atoms with Crippen molar-refractivity contribution in [2.24, 2.45) is 0 Å². The van der Waals surface area contributed by atoms with Crippen molar-refractivity contribution in [2.45, 2.75) is 19.4 Å². The highest BCUT2D eigenvalue weighted by atomic mass is 35.5. The average molecular weight is 362 g/mol. The molecule has 3 nitrogen and oxygen atoms in total. The van der Waals surface area contributed by atoms with E-state index in [-0.39, 0.29) is 29.7 Å². The monoisotopic (exact) mass is 361 g/mol. The van der Waals surface area contributed by atoms with Crippen molar-refractivity contribution in [3.63, 3.8) is 0 Å². The fourth-order valence-electron chi connectivity index (χ4n) is 2.01. The number of aromatic hydroxyl groups is 1. The molecule has 0 radical (unpaired) electrons. The van der Waals surface area contributed by atoms with Crippen molar-refractivity contribution in [3.05, 3.63) is 63.7 Å². The summed E-state index contributed by atoms with van der Waals surface area (Å²) >= 11 is 5.73. The SMILES string of the molecule is O=C(CCc1ccc(O)c(Cl)c1)NCc1c(F)cc(F)c(F)c1F. The summed E-state index contributed by atoms with van der Waals surface area (Å²) < 4.78 is 52.8. The number of carbonyl (C=O) groups is 1. The Labute approximate surface area is 139 Å². The van der Waals surface area contributed by atoms with E-state index in [4.69, 9.17) is 11.6 Å². The lowest BCUT2D eigenvalue weighted by Gasteiger charge is -2.09. The minimum Gasteiger partial charge on any atom is -0.506 e. The van der Waals surface area contributed by atoms with Gasteiger partial charge < -0.3 is 10.4 Å². The Morgan fingerprint density at radius 1 is 1.08 bits per heavy atom. The normalized spacial score (nSPS) is 10.7. The molecule has 2 aromatic carbocycles. The number of amides is 1. The highest BCUT2D eigenvalue weighted by Crippen LogP contribution is 2.24. The number of phenols is 1. The summed E-state index contributed by atoms with van der Waals surface area (Å²) in [6, 6.07) is 4.65. The third-order valence-electron chi connectivity index (χ3n) is 3.32.